The number of nitrogens with zero attached hydrogens (tertiary/aromatic N) is 1. The summed E-state index contributed by atoms with van der Waals surface area (Å²) < 4.78 is 0. The molecule has 0 spiro atoms. The van der Waals surface area contributed by atoms with Crippen LogP contribution in [0.15, 0.2) is 23.9 Å². The number of allylic oxidation sites excluding steroid dienone is 2. The van der Waals surface area contributed by atoms with Gasteiger partial charge in [-0.3, -0.25) is 0 Å². The highest BCUT2D eigenvalue weighted by atomic mass is 15.1. The van der Waals surface area contributed by atoms with Gasteiger partial charge in [0.05, 0.1) is 0 Å². The molecule has 0 aromatic carbocycles. The Kier molecular flexibility index (Phi) is 2.84. The molecule has 0 amide bonds. The van der Waals surface area contributed by atoms with E-state index in [0.717, 1.165) is 6.54 Å². The maximum Gasteiger partial charge on any atom is 0.0354 e. The summed E-state index contributed by atoms with van der Waals surface area (Å²) in [6.45, 7) is 10.2. The van der Waals surface area contributed by atoms with Crippen LogP contribution in [0.2, 0.25) is 0 Å². The summed E-state index contributed by atoms with van der Waals surface area (Å²) in [7, 11) is 2.12. The molecule has 1 atom stereocenters. The first-order valence-corrected chi connectivity index (χ1v) is 5.00. The third-order valence-electron chi connectivity index (χ3n) is 2.87. The van der Waals surface area contributed by atoms with Crippen molar-refractivity contribution >= 4 is 0 Å². The van der Waals surface area contributed by atoms with Gasteiger partial charge in [0.15, 0.2) is 0 Å². The highest BCUT2D eigenvalue weighted by Gasteiger charge is 2.23. The fourth-order valence-corrected chi connectivity index (χ4v) is 1.46. The summed E-state index contributed by atoms with van der Waals surface area (Å²) in [5.41, 5.74) is 1.80. The van der Waals surface area contributed by atoms with E-state index >= 15 is 0 Å². The predicted octanol–water partition coefficient (Wildman–Crippen LogP) is 3.05. The molecule has 1 heteroatoms. The van der Waals surface area contributed by atoms with Crippen molar-refractivity contribution in [3.05, 3.63) is 23.9 Å². The third kappa shape index (κ3) is 2.61. The van der Waals surface area contributed by atoms with Gasteiger partial charge in [-0.15, -0.1) is 0 Å². The Morgan fingerprint density at radius 1 is 1.38 bits per heavy atom. The van der Waals surface area contributed by atoms with Crippen molar-refractivity contribution in [2.24, 2.45) is 11.3 Å². The van der Waals surface area contributed by atoms with Crippen LogP contribution in [0.25, 0.3) is 0 Å². The molecule has 0 fully saturated rings. The zero-order chi connectivity index (χ0) is 10.1. The summed E-state index contributed by atoms with van der Waals surface area (Å²) in [6.07, 6.45) is 6.75. The summed E-state index contributed by atoms with van der Waals surface area (Å²) in [5, 5.41) is 0. The second-order valence-electron chi connectivity index (χ2n) is 5.06. The fraction of sp³-hybridized carbons (Fsp3) is 0.667. The number of hydrogen-bond acceptors (Lipinski definition) is 1. The van der Waals surface area contributed by atoms with E-state index in [1.165, 1.54) is 5.57 Å². The second-order valence-corrected chi connectivity index (χ2v) is 5.06. The fourth-order valence-electron chi connectivity index (χ4n) is 1.46. The molecule has 0 bridgehead atoms. The molecule has 1 nitrogen and oxygen atoms in total. The van der Waals surface area contributed by atoms with Crippen molar-refractivity contribution in [2.75, 3.05) is 13.6 Å². The molecule has 0 saturated heterocycles. The Morgan fingerprint density at radius 2 is 2.00 bits per heavy atom. The van der Waals surface area contributed by atoms with Crippen molar-refractivity contribution in [3.63, 3.8) is 0 Å². The van der Waals surface area contributed by atoms with Crippen LogP contribution in [-0.2, 0) is 0 Å². The third-order valence-corrected chi connectivity index (χ3v) is 2.87. The number of rotatable bonds is 1. The molecule has 1 heterocycles. The van der Waals surface area contributed by atoms with Gasteiger partial charge in [0.25, 0.3) is 0 Å². The standard InChI is InChI=1S/C12H21N/c1-10(12(2,3)4)11-7-6-8-13(5)9-11/h6-7,9-10H,8H2,1-5H3. The van der Waals surface area contributed by atoms with Gasteiger partial charge in [-0.25, -0.2) is 0 Å². The van der Waals surface area contributed by atoms with Gasteiger partial charge in [-0.1, -0.05) is 39.8 Å². The van der Waals surface area contributed by atoms with E-state index in [4.69, 9.17) is 0 Å². The lowest BCUT2D eigenvalue weighted by Crippen LogP contribution is -2.23. The minimum Gasteiger partial charge on any atom is -0.376 e. The minimum atomic E-state index is 0.356. The summed E-state index contributed by atoms with van der Waals surface area (Å²) in [6, 6.07) is 0. The van der Waals surface area contributed by atoms with Crippen LogP contribution in [0.5, 0.6) is 0 Å². The van der Waals surface area contributed by atoms with Crippen LogP contribution in [0.3, 0.4) is 0 Å². The molecular weight excluding hydrogens is 158 g/mol. The van der Waals surface area contributed by atoms with E-state index in [2.05, 4.69) is 58.0 Å². The van der Waals surface area contributed by atoms with E-state index in [9.17, 15) is 0 Å². The monoisotopic (exact) mass is 179 g/mol. The van der Waals surface area contributed by atoms with Crippen LogP contribution in [0.1, 0.15) is 27.7 Å². The highest BCUT2D eigenvalue weighted by Crippen LogP contribution is 2.32. The van der Waals surface area contributed by atoms with E-state index < -0.39 is 0 Å². The van der Waals surface area contributed by atoms with E-state index in [0.29, 0.717) is 11.3 Å². The molecule has 0 saturated carbocycles. The maximum absolute atomic E-state index is 2.30. The van der Waals surface area contributed by atoms with Crippen LogP contribution in [-0.4, -0.2) is 18.5 Å². The van der Waals surface area contributed by atoms with Gasteiger partial charge in [-0.05, 0) is 16.9 Å². The number of likely N-dealkylation sites (N-methyl/N-ethyl adjacent to an activating group) is 1. The van der Waals surface area contributed by atoms with Gasteiger partial charge < -0.3 is 4.90 Å². The molecule has 1 rings (SSSR count). The molecule has 0 aliphatic carbocycles. The zero-order valence-electron chi connectivity index (χ0n) is 9.46. The Morgan fingerprint density at radius 3 is 2.46 bits per heavy atom. The molecule has 0 aromatic rings. The van der Waals surface area contributed by atoms with Gasteiger partial charge >= 0.3 is 0 Å². The molecule has 0 radical (unpaired) electrons. The minimum absolute atomic E-state index is 0.356. The van der Waals surface area contributed by atoms with E-state index in [1.54, 1.807) is 0 Å². The molecule has 74 valence electrons. The van der Waals surface area contributed by atoms with Gasteiger partial charge in [0, 0.05) is 19.8 Å². The first-order chi connectivity index (χ1) is 5.91. The Hall–Kier alpha value is -0.720. The van der Waals surface area contributed by atoms with Gasteiger partial charge in [0.1, 0.15) is 0 Å². The zero-order valence-corrected chi connectivity index (χ0v) is 9.46. The highest BCUT2D eigenvalue weighted by molar-refractivity contribution is 5.25. The van der Waals surface area contributed by atoms with E-state index in [1.807, 2.05) is 0 Å². The first kappa shape index (κ1) is 10.4. The second kappa shape index (κ2) is 3.57. The topological polar surface area (TPSA) is 3.24 Å². The molecular formula is C12H21N. The van der Waals surface area contributed by atoms with Crippen LogP contribution < -0.4 is 0 Å². The maximum atomic E-state index is 2.30. The van der Waals surface area contributed by atoms with Crippen LogP contribution in [0, 0.1) is 11.3 Å². The SMILES string of the molecule is CC(C1=CN(C)CC=C1)C(C)(C)C. The smallest absolute Gasteiger partial charge is 0.0354 e. The summed E-state index contributed by atoms with van der Waals surface area (Å²) in [4.78, 5) is 2.23. The van der Waals surface area contributed by atoms with Crippen molar-refractivity contribution in [1.82, 2.24) is 4.90 Å². The lowest BCUT2D eigenvalue weighted by atomic mass is 9.77. The molecule has 13 heavy (non-hydrogen) atoms. The van der Waals surface area contributed by atoms with Crippen LogP contribution >= 0.6 is 0 Å². The Labute approximate surface area is 82.1 Å². The average molecular weight is 179 g/mol. The normalized spacial score (nSPS) is 20.1. The first-order valence-electron chi connectivity index (χ1n) is 5.00. The summed E-state index contributed by atoms with van der Waals surface area (Å²) in [5.74, 6) is 0.617. The summed E-state index contributed by atoms with van der Waals surface area (Å²) >= 11 is 0. The largest absolute Gasteiger partial charge is 0.376 e. The quantitative estimate of drug-likeness (QED) is 0.598. The Bertz CT molecular complexity index is 230. The molecule has 1 aliphatic heterocycles. The predicted molar refractivity (Wildman–Crippen MR) is 58.5 cm³/mol. The van der Waals surface area contributed by atoms with Gasteiger partial charge in [-0.2, -0.15) is 0 Å². The lowest BCUT2D eigenvalue weighted by molar-refractivity contribution is 0.299. The molecule has 0 aromatic heterocycles. The van der Waals surface area contributed by atoms with E-state index in [-0.39, 0.29) is 0 Å². The van der Waals surface area contributed by atoms with Crippen molar-refractivity contribution in [1.29, 1.82) is 0 Å². The Balaban J connectivity index is 2.77. The van der Waals surface area contributed by atoms with Gasteiger partial charge in [0.2, 0.25) is 0 Å². The van der Waals surface area contributed by atoms with Crippen molar-refractivity contribution in [3.8, 4) is 0 Å². The molecule has 1 unspecified atom stereocenters. The average Bonchev–Trinajstić information content (AvgIpc) is 2.01. The lowest BCUT2D eigenvalue weighted by Gasteiger charge is -2.31. The molecule has 0 N–H and O–H groups in total. The molecule has 1 aliphatic rings. The van der Waals surface area contributed by atoms with Crippen molar-refractivity contribution in [2.45, 2.75) is 27.7 Å². The van der Waals surface area contributed by atoms with Crippen molar-refractivity contribution < 1.29 is 0 Å². The van der Waals surface area contributed by atoms with Crippen LogP contribution in [0.4, 0.5) is 0 Å². The number of hydrogen-bond donors (Lipinski definition) is 0.